The normalized spacial score (nSPS) is 23.7. The van der Waals surface area contributed by atoms with Crippen LogP contribution in [0.3, 0.4) is 0 Å². The van der Waals surface area contributed by atoms with E-state index < -0.39 is 6.10 Å². The number of nitrogens with one attached hydrogen (secondary N) is 1. The minimum absolute atomic E-state index is 0.0874. The highest BCUT2D eigenvalue weighted by molar-refractivity contribution is 5.95. The average molecular weight is 249 g/mol. The molecule has 0 heterocycles. The Labute approximate surface area is 107 Å². The van der Waals surface area contributed by atoms with Crippen LogP contribution in [0.25, 0.3) is 0 Å². The van der Waals surface area contributed by atoms with Crippen LogP contribution in [0, 0.1) is 6.92 Å². The molecule has 0 bridgehead atoms. The summed E-state index contributed by atoms with van der Waals surface area (Å²) in [7, 11) is 0. The van der Waals surface area contributed by atoms with E-state index in [0.29, 0.717) is 5.56 Å². The summed E-state index contributed by atoms with van der Waals surface area (Å²) in [6, 6.07) is 4.60. The molecule has 4 nitrogen and oxygen atoms in total. The van der Waals surface area contributed by atoms with Gasteiger partial charge in [-0.25, -0.2) is 0 Å². The van der Waals surface area contributed by atoms with Crippen LogP contribution in [0.2, 0.25) is 0 Å². The average Bonchev–Trinajstić information content (AvgIpc) is 2.31. The Morgan fingerprint density at radius 3 is 2.67 bits per heavy atom. The molecule has 18 heavy (non-hydrogen) atoms. The number of phenols is 1. The van der Waals surface area contributed by atoms with Crippen LogP contribution in [0.15, 0.2) is 18.2 Å². The molecule has 0 saturated heterocycles. The maximum Gasteiger partial charge on any atom is 0.251 e. The quantitative estimate of drug-likeness (QED) is 0.747. The van der Waals surface area contributed by atoms with Gasteiger partial charge in [-0.1, -0.05) is 12.8 Å². The molecule has 1 aliphatic rings. The Hall–Kier alpha value is -1.55. The van der Waals surface area contributed by atoms with Crippen molar-refractivity contribution in [3.05, 3.63) is 29.3 Å². The van der Waals surface area contributed by atoms with E-state index >= 15 is 0 Å². The Morgan fingerprint density at radius 2 is 2.00 bits per heavy atom. The third kappa shape index (κ3) is 3.01. The van der Waals surface area contributed by atoms with Gasteiger partial charge in [0.2, 0.25) is 0 Å². The number of aryl methyl sites for hydroxylation is 1. The van der Waals surface area contributed by atoms with Gasteiger partial charge in [0.1, 0.15) is 5.75 Å². The number of aliphatic hydroxyl groups is 1. The number of aromatic hydroxyl groups is 1. The first-order valence-corrected chi connectivity index (χ1v) is 6.36. The maximum atomic E-state index is 12.0. The molecular weight excluding hydrogens is 230 g/mol. The van der Waals surface area contributed by atoms with Crippen molar-refractivity contribution in [3.8, 4) is 5.75 Å². The standard InChI is InChI=1S/C14H19NO3/c1-9-6-10(8-11(16)7-9)14(18)15-12-4-2-3-5-13(12)17/h6-8,12-13,16-17H,2-5H2,1H3,(H,15,18). The van der Waals surface area contributed by atoms with E-state index in [9.17, 15) is 15.0 Å². The fourth-order valence-electron chi connectivity index (χ4n) is 2.43. The van der Waals surface area contributed by atoms with Crippen molar-refractivity contribution < 1.29 is 15.0 Å². The predicted octanol–water partition coefficient (Wildman–Crippen LogP) is 1.73. The molecule has 1 aromatic carbocycles. The molecule has 1 aliphatic carbocycles. The molecule has 1 saturated carbocycles. The number of aliphatic hydroxyl groups excluding tert-OH is 1. The molecule has 1 fully saturated rings. The number of amides is 1. The summed E-state index contributed by atoms with van der Waals surface area (Å²) in [5, 5.41) is 22.1. The van der Waals surface area contributed by atoms with E-state index in [1.165, 1.54) is 6.07 Å². The molecule has 3 N–H and O–H groups in total. The van der Waals surface area contributed by atoms with Crippen molar-refractivity contribution in [2.75, 3.05) is 0 Å². The lowest BCUT2D eigenvalue weighted by Crippen LogP contribution is -2.45. The molecule has 4 heteroatoms. The van der Waals surface area contributed by atoms with Crippen molar-refractivity contribution in [1.82, 2.24) is 5.32 Å². The van der Waals surface area contributed by atoms with E-state index in [1.807, 2.05) is 6.92 Å². The number of carbonyl (C=O) groups excluding carboxylic acids is 1. The van der Waals surface area contributed by atoms with Gasteiger partial charge in [-0.3, -0.25) is 4.79 Å². The Kier molecular flexibility index (Phi) is 3.87. The first-order chi connectivity index (χ1) is 8.56. The Bertz CT molecular complexity index is 424. The number of hydrogen-bond donors (Lipinski definition) is 3. The van der Waals surface area contributed by atoms with Crippen molar-refractivity contribution >= 4 is 5.91 Å². The number of rotatable bonds is 2. The molecule has 2 unspecified atom stereocenters. The lowest BCUT2D eigenvalue weighted by molar-refractivity contribution is 0.0717. The summed E-state index contributed by atoms with van der Waals surface area (Å²) in [5.41, 5.74) is 1.27. The highest BCUT2D eigenvalue weighted by Gasteiger charge is 2.24. The van der Waals surface area contributed by atoms with Gasteiger partial charge in [0.25, 0.3) is 5.91 Å². The molecule has 2 rings (SSSR count). The largest absolute Gasteiger partial charge is 0.508 e. The highest BCUT2D eigenvalue weighted by atomic mass is 16.3. The van der Waals surface area contributed by atoms with E-state index in [2.05, 4.69) is 5.32 Å². The second-order valence-electron chi connectivity index (χ2n) is 4.99. The predicted molar refractivity (Wildman–Crippen MR) is 68.6 cm³/mol. The fraction of sp³-hybridized carbons (Fsp3) is 0.500. The molecule has 0 aliphatic heterocycles. The van der Waals surface area contributed by atoms with Crippen molar-refractivity contribution in [2.24, 2.45) is 0 Å². The zero-order chi connectivity index (χ0) is 13.1. The molecule has 98 valence electrons. The van der Waals surface area contributed by atoms with E-state index in [0.717, 1.165) is 31.2 Å². The summed E-state index contributed by atoms with van der Waals surface area (Å²) in [4.78, 5) is 12.0. The number of hydrogen-bond acceptors (Lipinski definition) is 3. The number of carbonyl (C=O) groups is 1. The third-order valence-electron chi connectivity index (χ3n) is 3.37. The smallest absolute Gasteiger partial charge is 0.251 e. The summed E-state index contributed by atoms with van der Waals surface area (Å²) in [6.45, 7) is 1.83. The highest BCUT2D eigenvalue weighted by Crippen LogP contribution is 2.20. The van der Waals surface area contributed by atoms with Gasteiger partial charge in [0.15, 0.2) is 0 Å². The summed E-state index contributed by atoms with van der Waals surface area (Å²) >= 11 is 0. The molecular formula is C14H19NO3. The molecule has 0 aromatic heterocycles. The van der Waals surface area contributed by atoms with Crippen LogP contribution < -0.4 is 5.32 Å². The first kappa shape index (κ1) is 12.9. The van der Waals surface area contributed by atoms with Crippen LogP contribution in [0.5, 0.6) is 5.75 Å². The Balaban J connectivity index is 2.06. The Morgan fingerprint density at radius 1 is 1.28 bits per heavy atom. The molecule has 0 radical (unpaired) electrons. The third-order valence-corrected chi connectivity index (χ3v) is 3.37. The van der Waals surface area contributed by atoms with Crippen molar-refractivity contribution in [2.45, 2.75) is 44.8 Å². The van der Waals surface area contributed by atoms with Gasteiger partial charge < -0.3 is 15.5 Å². The summed E-state index contributed by atoms with van der Waals surface area (Å²) in [6.07, 6.45) is 3.13. The zero-order valence-corrected chi connectivity index (χ0v) is 10.5. The van der Waals surface area contributed by atoms with Gasteiger partial charge in [0.05, 0.1) is 12.1 Å². The van der Waals surface area contributed by atoms with E-state index in [1.54, 1.807) is 12.1 Å². The SMILES string of the molecule is Cc1cc(O)cc(C(=O)NC2CCCCC2O)c1. The van der Waals surface area contributed by atoms with Crippen LogP contribution in [-0.4, -0.2) is 28.3 Å². The van der Waals surface area contributed by atoms with Gasteiger partial charge in [0, 0.05) is 5.56 Å². The van der Waals surface area contributed by atoms with Gasteiger partial charge in [-0.05, 0) is 43.5 Å². The number of benzene rings is 1. The van der Waals surface area contributed by atoms with Crippen molar-refractivity contribution in [1.29, 1.82) is 0 Å². The topological polar surface area (TPSA) is 69.6 Å². The second-order valence-corrected chi connectivity index (χ2v) is 4.99. The second kappa shape index (κ2) is 5.40. The first-order valence-electron chi connectivity index (χ1n) is 6.36. The lowest BCUT2D eigenvalue weighted by atomic mass is 9.92. The van der Waals surface area contributed by atoms with Crippen LogP contribution in [0.1, 0.15) is 41.6 Å². The maximum absolute atomic E-state index is 12.0. The number of phenolic OH excluding ortho intramolecular Hbond substituents is 1. The summed E-state index contributed by atoms with van der Waals surface area (Å²) in [5.74, 6) is -0.149. The summed E-state index contributed by atoms with van der Waals surface area (Å²) < 4.78 is 0. The van der Waals surface area contributed by atoms with Crippen molar-refractivity contribution in [3.63, 3.8) is 0 Å². The van der Waals surface area contributed by atoms with Gasteiger partial charge in [-0.15, -0.1) is 0 Å². The van der Waals surface area contributed by atoms with E-state index in [4.69, 9.17) is 0 Å². The zero-order valence-electron chi connectivity index (χ0n) is 10.5. The monoisotopic (exact) mass is 249 g/mol. The fourth-order valence-corrected chi connectivity index (χ4v) is 2.43. The van der Waals surface area contributed by atoms with Gasteiger partial charge in [-0.2, -0.15) is 0 Å². The molecule has 1 amide bonds. The minimum Gasteiger partial charge on any atom is -0.508 e. The molecule has 1 aromatic rings. The molecule has 2 atom stereocenters. The van der Waals surface area contributed by atoms with Crippen LogP contribution in [-0.2, 0) is 0 Å². The van der Waals surface area contributed by atoms with E-state index in [-0.39, 0.29) is 17.7 Å². The van der Waals surface area contributed by atoms with Gasteiger partial charge >= 0.3 is 0 Å². The lowest BCUT2D eigenvalue weighted by Gasteiger charge is -2.28. The van der Waals surface area contributed by atoms with Crippen LogP contribution >= 0.6 is 0 Å². The molecule has 0 spiro atoms. The van der Waals surface area contributed by atoms with Crippen LogP contribution in [0.4, 0.5) is 0 Å². The minimum atomic E-state index is -0.457.